The van der Waals surface area contributed by atoms with Gasteiger partial charge in [-0.3, -0.25) is 9.35 Å². The van der Waals surface area contributed by atoms with Crippen LogP contribution in [0.25, 0.3) is 0 Å². The van der Waals surface area contributed by atoms with Gasteiger partial charge in [0.15, 0.2) is 0 Å². The highest BCUT2D eigenvalue weighted by Crippen LogP contribution is 2.20. The van der Waals surface area contributed by atoms with Crippen LogP contribution in [0.2, 0.25) is 0 Å². The van der Waals surface area contributed by atoms with E-state index in [0.29, 0.717) is 6.61 Å². The summed E-state index contributed by atoms with van der Waals surface area (Å²) >= 11 is 0. The van der Waals surface area contributed by atoms with Crippen molar-refractivity contribution < 1.29 is 35.7 Å². The van der Waals surface area contributed by atoms with Crippen LogP contribution in [0.1, 0.15) is 51.9 Å². The quantitative estimate of drug-likeness (QED) is 0.286. The normalized spacial score (nSPS) is 11.5. The second kappa shape index (κ2) is 12.7. The number of alkyl halides is 3. The summed E-state index contributed by atoms with van der Waals surface area (Å²) < 4.78 is 62.4. The van der Waals surface area contributed by atoms with Gasteiger partial charge >= 0.3 is 21.6 Å². The highest BCUT2D eigenvalue weighted by molar-refractivity contribution is 7.86. The molecule has 134 valence electrons. The van der Waals surface area contributed by atoms with Crippen molar-refractivity contribution in [3.63, 3.8) is 0 Å². The van der Waals surface area contributed by atoms with Crippen molar-refractivity contribution in [1.82, 2.24) is 0 Å². The molecule has 0 heterocycles. The Labute approximate surface area is 128 Å². The highest BCUT2D eigenvalue weighted by Gasteiger charge is 2.44. The third-order valence-corrected chi connectivity index (χ3v) is 3.06. The van der Waals surface area contributed by atoms with Crippen LogP contribution in [0.5, 0.6) is 0 Å². The van der Waals surface area contributed by atoms with Gasteiger partial charge in [0.25, 0.3) is 0 Å². The van der Waals surface area contributed by atoms with Crippen LogP contribution in [0.3, 0.4) is 0 Å². The lowest BCUT2D eigenvalue weighted by molar-refractivity contribution is -0.142. The summed E-state index contributed by atoms with van der Waals surface area (Å²) in [6.07, 6.45) is 8.63. The first-order valence-corrected chi connectivity index (χ1v) is 8.39. The van der Waals surface area contributed by atoms with Crippen LogP contribution in [-0.2, 0) is 19.6 Å². The van der Waals surface area contributed by atoms with Gasteiger partial charge in [-0.1, -0.05) is 45.4 Å². The number of hydrogen-bond donors (Lipinski definition) is 2. The number of ether oxygens (including phenoxy) is 1. The maximum Gasteiger partial charge on any atom is 0.522 e. The van der Waals surface area contributed by atoms with E-state index in [1.807, 2.05) is 0 Å². The number of carbonyl (C=O) groups excluding carboxylic acids is 1. The average Bonchev–Trinajstić information content (AvgIpc) is 2.40. The van der Waals surface area contributed by atoms with Gasteiger partial charge in [0.2, 0.25) is 0 Å². The van der Waals surface area contributed by atoms with Crippen LogP contribution in [0, 0.1) is 0 Å². The number of nitrogens with two attached hydrogens (primary N) is 1. The van der Waals surface area contributed by atoms with Crippen molar-refractivity contribution >= 4 is 16.1 Å². The lowest BCUT2D eigenvalue weighted by Crippen LogP contribution is -2.21. The number of rotatable bonds is 9. The molecule has 0 saturated carbocycles. The Bertz CT molecular complexity index is 385. The van der Waals surface area contributed by atoms with Crippen LogP contribution >= 0.6 is 0 Å². The first kappa shape index (κ1) is 23.4. The van der Waals surface area contributed by atoms with Gasteiger partial charge in [0, 0.05) is 0 Å². The summed E-state index contributed by atoms with van der Waals surface area (Å²) in [5, 5.41) is 0. The molecule has 0 radical (unpaired) electrons. The minimum atomic E-state index is -5.84. The summed E-state index contributed by atoms with van der Waals surface area (Å²) in [6.45, 7) is 2.74. The third-order valence-electron chi connectivity index (χ3n) is 2.47. The molecule has 22 heavy (non-hydrogen) atoms. The van der Waals surface area contributed by atoms with Crippen LogP contribution in [0.4, 0.5) is 13.2 Å². The van der Waals surface area contributed by atoms with E-state index in [1.165, 1.54) is 32.1 Å². The summed E-state index contributed by atoms with van der Waals surface area (Å²) in [7, 11) is -5.84. The van der Waals surface area contributed by atoms with Crippen molar-refractivity contribution in [2.24, 2.45) is 5.73 Å². The number of carbonyl (C=O) groups is 1. The molecule has 0 atom stereocenters. The van der Waals surface area contributed by atoms with E-state index in [1.54, 1.807) is 0 Å². The molecule has 0 aliphatic carbocycles. The minimum absolute atomic E-state index is 0.00347. The molecule has 0 aromatic carbocycles. The van der Waals surface area contributed by atoms with Gasteiger partial charge < -0.3 is 10.5 Å². The maximum atomic E-state index is 10.7. The lowest BCUT2D eigenvalue weighted by atomic mass is 10.1. The Morgan fingerprint density at radius 2 is 1.50 bits per heavy atom. The van der Waals surface area contributed by atoms with Crippen LogP contribution in [-0.4, -0.2) is 37.6 Å². The van der Waals surface area contributed by atoms with Crippen molar-refractivity contribution in [2.45, 2.75) is 57.4 Å². The highest BCUT2D eigenvalue weighted by atomic mass is 32.2. The van der Waals surface area contributed by atoms with Crippen LogP contribution < -0.4 is 5.73 Å². The summed E-state index contributed by atoms with van der Waals surface area (Å²) in [4.78, 5) is 10.6. The molecule has 0 unspecified atom stereocenters. The van der Waals surface area contributed by atoms with Gasteiger partial charge in [-0.05, 0) is 6.42 Å². The zero-order valence-electron chi connectivity index (χ0n) is 12.6. The van der Waals surface area contributed by atoms with E-state index >= 15 is 0 Å². The molecule has 0 amide bonds. The van der Waals surface area contributed by atoms with Crippen molar-refractivity contribution in [3.05, 3.63) is 0 Å². The summed E-state index contributed by atoms with van der Waals surface area (Å²) in [5.41, 5.74) is -0.441. The van der Waals surface area contributed by atoms with E-state index in [0.717, 1.165) is 12.8 Å². The topological polar surface area (TPSA) is 107 Å². The minimum Gasteiger partial charge on any atom is -0.465 e. The van der Waals surface area contributed by atoms with Crippen LogP contribution in [0.15, 0.2) is 0 Å². The predicted molar refractivity (Wildman–Crippen MR) is 75.6 cm³/mol. The second-order valence-corrected chi connectivity index (χ2v) is 5.88. The molecular formula is C12H24F3NO5S. The molecule has 0 fully saturated rings. The number of esters is 1. The Morgan fingerprint density at radius 1 is 1.09 bits per heavy atom. The molecule has 6 nitrogen and oxygen atoms in total. The number of unbranched alkanes of at least 4 members (excludes halogenated alkanes) is 6. The molecular weight excluding hydrogens is 327 g/mol. The summed E-state index contributed by atoms with van der Waals surface area (Å²) in [6, 6.07) is 0. The largest absolute Gasteiger partial charge is 0.522 e. The molecule has 0 rings (SSSR count). The van der Waals surface area contributed by atoms with E-state index in [2.05, 4.69) is 6.92 Å². The van der Waals surface area contributed by atoms with Gasteiger partial charge in [-0.15, -0.1) is 0 Å². The standard InChI is InChI=1S/C11H23NO2.CHF3O3S/c1-2-3-4-5-6-7-8-9-14-11(13)10-12;2-1(3,4)8(5,6)7/h2-10,12H2,1H3;(H,5,6,7). The van der Waals surface area contributed by atoms with E-state index in [9.17, 15) is 18.0 Å². The Balaban J connectivity index is 0. The molecule has 0 saturated heterocycles. The molecule has 0 bridgehead atoms. The maximum absolute atomic E-state index is 10.7. The first-order chi connectivity index (χ1) is 10.1. The molecule has 3 N–H and O–H groups in total. The predicted octanol–water partition coefficient (Wildman–Crippen LogP) is 2.63. The second-order valence-electron chi connectivity index (χ2n) is 4.47. The van der Waals surface area contributed by atoms with Gasteiger partial charge in [-0.25, -0.2) is 0 Å². The first-order valence-electron chi connectivity index (χ1n) is 6.95. The van der Waals surface area contributed by atoms with E-state index in [4.69, 9.17) is 23.4 Å². The van der Waals surface area contributed by atoms with E-state index in [-0.39, 0.29) is 12.5 Å². The Hall–Kier alpha value is -0.870. The summed E-state index contributed by atoms with van der Waals surface area (Å²) in [5.74, 6) is -0.295. The average molecular weight is 351 g/mol. The Morgan fingerprint density at radius 3 is 1.86 bits per heavy atom. The van der Waals surface area contributed by atoms with Crippen molar-refractivity contribution in [2.75, 3.05) is 13.2 Å². The smallest absolute Gasteiger partial charge is 0.465 e. The lowest BCUT2D eigenvalue weighted by Gasteiger charge is -2.02. The van der Waals surface area contributed by atoms with Gasteiger partial charge in [-0.2, -0.15) is 21.6 Å². The Kier molecular flexibility index (Phi) is 13.5. The van der Waals surface area contributed by atoms with Gasteiger partial charge in [0.1, 0.15) is 0 Å². The fourth-order valence-electron chi connectivity index (χ4n) is 1.30. The van der Waals surface area contributed by atoms with Crippen molar-refractivity contribution in [3.8, 4) is 0 Å². The van der Waals surface area contributed by atoms with E-state index < -0.39 is 15.6 Å². The molecule has 0 aromatic rings. The molecule has 0 aromatic heterocycles. The van der Waals surface area contributed by atoms with Crippen molar-refractivity contribution in [1.29, 1.82) is 0 Å². The molecule has 0 aliphatic rings. The molecule has 10 heteroatoms. The number of halogens is 3. The zero-order chi connectivity index (χ0) is 17.6. The monoisotopic (exact) mass is 351 g/mol. The van der Waals surface area contributed by atoms with Gasteiger partial charge in [0.05, 0.1) is 13.2 Å². The molecule has 0 spiro atoms. The SMILES string of the molecule is CCCCCCCCCOC(=O)CN.O=S(=O)(O)C(F)(F)F. The fourth-order valence-corrected chi connectivity index (χ4v) is 1.30. The number of hydrogen-bond acceptors (Lipinski definition) is 5. The zero-order valence-corrected chi connectivity index (χ0v) is 13.4. The third kappa shape index (κ3) is 15.5. The fraction of sp³-hybridized carbons (Fsp3) is 0.917. The molecule has 0 aliphatic heterocycles.